The summed E-state index contributed by atoms with van der Waals surface area (Å²) in [7, 11) is 1.67. The third kappa shape index (κ3) is 5.69. The maximum atomic E-state index is 12.7. The molecule has 3 amide bonds. The zero-order valence-corrected chi connectivity index (χ0v) is 19.5. The molecule has 4 rings (SSSR count). The third-order valence-electron chi connectivity index (χ3n) is 6.12. The number of ether oxygens (including phenoxy) is 1. The number of methoxy groups -OCH3 is 1. The summed E-state index contributed by atoms with van der Waals surface area (Å²) < 4.78 is 5.57. The highest BCUT2D eigenvalue weighted by molar-refractivity contribution is 6.33. The lowest BCUT2D eigenvalue weighted by Crippen LogP contribution is -2.47. The van der Waals surface area contributed by atoms with E-state index < -0.39 is 0 Å². The van der Waals surface area contributed by atoms with Gasteiger partial charge in [0.25, 0.3) is 0 Å². The van der Waals surface area contributed by atoms with Gasteiger partial charge in [-0.2, -0.15) is 0 Å². The second-order valence-electron chi connectivity index (χ2n) is 8.27. The van der Waals surface area contributed by atoms with Crippen LogP contribution in [0.25, 0.3) is 0 Å². The first-order valence-electron chi connectivity index (χ1n) is 11.3. The predicted octanol–water partition coefficient (Wildman–Crippen LogP) is 3.24. The largest absolute Gasteiger partial charge is 0.496 e. The molecule has 0 aliphatic carbocycles. The summed E-state index contributed by atoms with van der Waals surface area (Å²) in [5.74, 6) is 0.798. The minimum atomic E-state index is -0.296. The number of anilines is 2. The van der Waals surface area contributed by atoms with E-state index in [0.29, 0.717) is 30.3 Å². The van der Waals surface area contributed by atoms with Crippen LogP contribution in [0.3, 0.4) is 0 Å². The molecule has 0 aromatic heterocycles. The molecule has 2 aromatic rings. The zero-order chi connectivity index (χ0) is 23.2. The highest BCUT2D eigenvalue weighted by atomic mass is 35.5. The van der Waals surface area contributed by atoms with Gasteiger partial charge < -0.3 is 25.6 Å². The maximum Gasteiger partial charge on any atom is 0.319 e. The number of piperazine rings is 1. The van der Waals surface area contributed by atoms with Gasteiger partial charge in [-0.3, -0.25) is 9.69 Å². The number of carbonyl (C=O) groups excluding carboxylic acids is 2. The number of amides is 3. The van der Waals surface area contributed by atoms with Crippen LogP contribution in [-0.2, 0) is 4.79 Å². The van der Waals surface area contributed by atoms with Gasteiger partial charge in [0.2, 0.25) is 5.91 Å². The van der Waals surface area contributed by atoms with Crippen molar-refractivity contribution in [3.63, 3.8) is 0 Å². The molecule has 176 valence electrons. The normalized spacial score (nSPS) is 17.4. The van der Waals surface area contributed by atoms with Crippen LogP contribution in [0.1, 0.15) is 24.4 Å². The number of urea groups is 1. The second kappa shape index (κ2) is 10.8. The topological polar surface area (TPSA) is 85.9 Å². The fourth-order valence-electron chi connectivity index (χ4n) is 4.48. The Hall–Kier alpha value is -2.97. The molecular formula is C24H30ClN5O3. The molecule has 0 saturated carbocycles. The van der Waals surface area contributed by atoms with E-state index in [-0.39, 0.29) is 24.5 Å². The molecule has 0 radical (unpaired) electrons. The van der Waals surface area contributed by atoms with Crippen molar-refractivity contribution in [1.82, 2.24) is 15.5 Å². The van der Waals surface area contributed by atoms with Gasteiger partial charge >= 0.3 is 6.03 Å². The highest BCUT2D eigenvalue weighted by Crippen LogP contribution is 2.32. The van der Waals surface area contributed by atoms with Crippen molar-refractivity contribution in [3.8, 4) is 5.75 Å². The Labute approximate surface area is 199 Å². The minimum Gasteiger partial charge on any atom is -0.496 e. The Morgan fingerprint density at radius 1 is 1.18 bits per heavy atom. The van der Waals surface area contributed by atoms with E-state index >= 15 is 0 Å². The number of rotatable bonds is 7. The molecule has 33 heavy (non-hydrogen) atoms. The summed E-state index contributed by atoms with van der Waals surface area (Å²) in [6, 6.07) is 13.0. The van der Waals surface area contributed by atoms with Crippen LogP contribution in [-0.4, -0.2) is 63.2 Å². The van der Waals surface area contributed by atoms with E-state index in [9.17, 15) is 9.59 Å². The monoisotopic (exact) mass is 471 g/mol. The SMILES string of the molecule is COc1ccccc1[C@@H](CNC(=O)Nc1ccc(N2CCNC(=O)C2)c(Cl)c1)N1CCCC1. The minimum absolute atomic E-state index is 0.0264. The summed E-state index contributed by atoms with van der Waals surface area (Å²) in [5.41, 5.74) is 2.45. The fourth-order valence-corrected chi connectivity index (χ4v) is 4.78. The molecule has 0 unspecified atom stereocenters. The Bertz CT molecular complexity index is 996. The zero-order valence-electron chi connectivity index (χ0n) is 18.8. The van der Waals surface area contributed by atoms with Gasteiger partial charge in [0.15, 0.2) is 0 Å². The molecule has 2 aliphatic heterocycles. The number of nitrogens with one attached hydrogen (secondary N) is 3. The Morgan fingerprint density at radius 3 is 2.70 bits per heavy atom. The molecule has 0 bridgehead atoms. The van der Waals surface area contributed by atoms with Gasteiger partial charge in [-0.25, -0.2) is 4.79 Å². The Kier molecular flexibility index (Phi) is 7.57. The van der Waals surface area contributed by atoms with Crippen LogP contribution in [0.5, 0.6) is 5.75 Å². The van der Waals surface area contributed by atoms with E-state index in [0.717, 1.165) is 42.9 Å². The van der Waals surface area contributed by atoms with E-state index in [1.165, 1.54) is 0 Å². The molecular weight excluding hydrogens is 442 g/mol. The number of hydrogen-bond acceptors (Lipinski definition) is 5. The molecule has 8 nitrogen and oxygen atoms in total. The van der Waals surface area contributed by atoms with Gasteiger partial charge in [0, 0.05) is 30.9 Å². The van der Waals surface area contributed by atoms with Crippen molar-refractivity contribution in [2.24, 2.45) is 0 Å². The van der Waals surface area contributed by atoms with Crippen molar-refractivity contribution in [2.75, 3.05) is 56.6 Å². The van der Waals surface area contributed by atoms with Gasteiger partial charge in [-0.1, -0.05) is 29.8 Å². The summed E-state index contributed by atoms with van der Waals surface area (Å²) >= 11 is 6.46. The van der Waals surface area contributed by atoms with Crippen LogP contribution in [0.2, 0.25) is 5.02 Å². The molecule has 0 spiro atoms. The lowest BCUT2D eigenvalue weighted by molar-refractivity contribution is -0.120. The maximum absolute atomic E-state index is 12.7. The van der Waals surface area contributed by atoms with E-state index in [1.54, 1.807) is 19.2 Å². The van der Waals surface area contributed by atoms with Crippen molar-refractivity contribution in [1.29, 1.82) is 0 Å². The first-order chi connectivity index (χ1) is 16.0. The first kappa shape index (κ1) is 23.2. The van der Waals surface area contributed by atoms with Crippen molar-refractivity contribution in [3.05, 3.63) is 53.1 Å². The number of hydrogen-bond donors (Lipinski definition) is 3. The number of likely N-dealkylation sites (tertiary alicyclic amines) is 1. The summed E-state index contributed by atoms with van der Waals surface area (Å²) in [5, 5.41) is 9.17. The summed E-state index contributed by atoms with van der Waals surface area (Å²) in [6.07, 6.45) is 2.31. The predicted molar refractivity (Wildman–Crippen MR) is 130 cm³/mol. The first-order valence-corrected chi connectivity index (χ1v) is 11.7. The molecule has 2 heterocycles. The van der Waals surface area contributed by atoms with E-state index in [1.807, 2.05) is 29.2 Å². The average Bonchev–Trinajstić information content (AvgIpc) is 3.34. The number of halogens is 1. The van der Waals surface area contributed by atoms with E-state index in [2.05, 4.69) is 26.9 Å². The van der Waals surface area contributed by atoms with Crippen molar-refractivity contribution < 1.29 is 14.3 Å². The van der Waals surface area contributed by atoms with Crippen LogP contribution in [0.15, 0.2) is 42.5 Å². The standard InChI is InChI=1S/C24H30ClN5O3/c1-33-22-7-3-2-6-18(22)21(29-11-4-5-12-29)15-27-24(32)28-17-8-9-20(19(25)14-17)30-13-10-26-23(31)16-30/h2-3,6-9,14,21H,4-5,10-13,15-16H2,1H3,(H,26,31)(H2,27,28,32)/t21-/m1/s1. The molecule has 2 aromatic carbocycles. The molecule has 2 fully saturated rings. The summed E-state index contributed by atoms with van der Waals surface area (Å²) in [4.78, 5) is 28.7. The number of para-hydroxylation sites is 1. The lowest BCUT2D eigenvalue weighted by Gasteiger charge is -2.30. The smallest absolute Gasteiger partial charge is 0.319 e. The van der Waals surface area contributed by atoms with Crippen LogP contribution in [0.4, 0.5) is 16.2 Å². The van der Waals surface area contributed by atoms with Gasteiger partial charge in [-0.15, -0.1) is 0 Å². The van der Waals surface area contributed by atoms with Crippen LogP contribution < -0.4 is 25.6 Å². The molecule has 2 aliphatic rings. The van der Waals surface area contributed by atoms with Gasteiger partial charge in [0.05, 0.1) is 30.4 Å². The lowest BCUT2D eigenvalue weighted by atomic mass is 10.0. The van der Waals surface area contributed by atoms with Crippen molar-refractivity contribution in [2.45, 2.75) is 18.9 Å². The summed E-state index contributed by atoms with van der Waals surface area (Å²) in [6.45, 7) is 4.01. The Morgan fingerprint density at radius 2 is 1.97 bits per heavy atom. The highest BCUT2D eigenvalue weighted by Gasteiger charge is 2.26. The van der Waals surface area contributed by atoms with Crippen LogP contribution >= 0.6 is 11.6 Å². The molecule has 9 heteroatoms. The van der Waals surface area contributed by atoms with Gasteiger partial charge in [0.1, 0.15) is 5.75 Å². The second-order valence-corrected chi connectivity index (χ2v) is 8.68. The third-order valence-corrected chi connectivity index (χ3v) is 6.42. The molecule has 1 atom stereocenters. The van der Waals surface area contributed by atoms with Crippen molar-refractivity contribution >= 4 is 34.9 Å². The molecule has 3 N–H and O–H groups in total. The molecule has 2 saturated heterocycles. The Balaban J connectivity index is 1.40. The number of benzene rings is 2. The van der Waals surface area contributed by atoms with Gasteiger partial charge in [-0.05, 0) is 50.2 Å². The fraction of sp³-hybridized carbons (Fsp3) is 0.417. The quantitative estimate of drug-likeness (QED) is 0.577. The van der Waals surface area contributed by atoms with Crippen LogP contribution in [0, 0.1) is 0 Å². The number of nitrogens with zero attached hydrogens (tertiary/aromatic N) is 2. The number of carbonyl (C=O) groups is 2. The van der Waals surface area contributed by atoms with E-state index in [4.69, 9.17) is 16.3 Å². The average molecular weight is 472 g/mol.